The number of imidazole rings is 1. The van der Waals surface area contributed by atoms with Gasteiger partial charge < -0.3 is 26.0 Å². The van der Waals surface area contributed by atoms with Crippen molar-refractivity contribution in [3.63, 3.8) is 0 Å². The van der Waals surface area contributed by atoms with Crippen molar-refractivity contribution >= 4 is 40.9 Å². The molecule has 4 rings (SSSR count). The van der Waals surface area contributed by atoms with Gasteiger partial charge in [0.15, 0.2) is 5.69 Å². The number of esters is 1. The molecule has 14 heteroatoms. The van der Waals surface area contributed by atoms with Gasteiger partial charge in [-0.05, 0) is 22.9 Å². The Kier molecular flexibility index (Phi) is 7.63. The van der Waals surface area contributed by atoms with Gasteiger partial charge in [0, 0.05) is 19.2 Å². The highest BCUT2D eigenvalue weighted by molar-refractivity contribution is 6.13. The number of rotatable bonds is 7. The van der Waals surface area contributed by atoms with Gasteiger partial charge in [0.05, 0.1) is 13.3 Å². The second-order valence-corrected chi connectivity index (χ2v) is 7.29. The molecule has 0 saturated carbocycles. The van der Waals surface area contributed by atoms with Gasteiger partial charge in [0.25, 0.3) is 10.9 Å². The number of fused-ring (bicyclic) bond motifs is 1. The summed E-state index contributed by atoms with van der Waals surface area (Å²) < 4.78 is 5.64. The van der Waals surface area contributed by atoms with Crippen LogP contribution in [0.4, 0.5) is 11.4 Å². The van der Waals surface area contributed by atoms with Crippen LogP contribution >= 0.6 is 11.8 Å². The molecule has 0 saturated heterocycles. The molecular formula is C21H19ClN6O7. The van der Waals surface area contributed by atoms with E-state index >= 15 is 0 Å². The number of nitrogens with one attached hydrogen (secondary N) is 2. The summed E-state index contributed by atoms with van der Waals surface area (Å²) in [6, 6.07) is 8.73. The lowest BCUT2D eigenvalue weighted by atomic mass is 10.1. The number of anilines is 2. The minimum atomic E-state index is -1.31. The van der Waals surface area contributed by atoms with Gasteiger partial charge in [0.1, 0.15) is 17.1 Å². The highest BCUT2D eigenvalue weighted by Crippen LogP contribution is 2.14. The second kappa shape index (κ2) is 10.6. The molecular weight excluding hydrogens is 484 g/mol. The van der Waals surface area contributed by atoms with E-state index in [0.717, 1.165) is 34.9 Å². The smallest absolute Gasteiger partial charge is 0.355 e. The van der Waals surface area contributed by atoms with Gasteiger partial charge in [-0.15, -0.1) is 0 Å². The fourth-order valence-corrected chi connectivity index (χ4v) is 3.18. The predicted octanol–water partition coefficient (Wildman–Crippen LogP) is 0.640. The van der Waals surface area contributed by atoms with Crippen LogP contribution in [0.1, 0.15) is 32.1 Å². The molecule has 2 heterocycles. The summed E-state index contributed by atoms with van der Waals surface area (Å²) >= 11 is 5.43. The number of carbonyl (C=O) groups is 2. The first-order chi connectivity index (χ1) is 16.7. The average molecular weight is 503 g/mol. The van der Waals surface area contributed by atoms with Crippen LogP contribution in [0.3, 0.4) is 0 Å². The van der Waals surface area contributed by atoms with Crippen LogP contribution in [0.2, 0.25) is 0 Å². The van der Waals surface area contributed by atoms with E-state index in [1.165, 1.54) is 0 Å². The number of carboxylic acid groups (broad SMARTS) is 1. The number of carboxylic acids is 1. The number of halogens is 1. The third-order valence-electron chi connectivity index (χ3n) is 4.72. The lowest BCUT2D eigenvalue weighted by molar-refractivity contribution is 0.0592. The van der Waals surface area contributed by atoms with Crippen LogP contribution in [0, 0.1) is 0 Å². The number of ether oxygens (including phenoxy) is 1. The zero-order valence-corrected chi connectivity index (χ0v) is 18.9. The lowest BCUT2D eigenvalue weighted by Crippen LogP contribution is -2.36. The van der Waals surface area contributed by atoms with Crippen LogP contribution in [-0.2, 0) is 17.8 Å². The van der Waals surface area contributed by atoms with Crippen molar-refractivity contribution < 1.29 is 24.5 Å². The molecule has 13 nitrogen and oxygen atoms in total. The fraction of sp³-hybridized carbons (Fsp3) is 0.143. The monoisotopic (exact) mass is 502 g/mol. The van der Waals surface area contributed by atoms with Crippen LogP contribution in [0.5, 0.6) is 5.88 Å². The minimum Gasteiger partial charge on any atom is -0.492 e. The predicted molar refractivity (Wildman–Crippen MR) is 125 cm³/mol. The molecule has 0 atom stereocenters. The Bertz CT molecular complexity index is 1480. The van der Waals surface area contributed by atoms with Gasteiger partial charge in [-0.1, -0.05) is 24.3 Å². The Labute approximate surface area is 201 Å². The van der Waals surface area contributed by atoms with Crippen molar-refractivity contribution in [3.8, 4) is 5.88 Å². The fourth-order valence-electron chi connectivity index (χ4n) is 3.03. The summed E-state index contributed by atoms with van der Waals surface area (Å²) in [5.41, 5.74) is 6.05. The third-order valence-corrected chi connectivity index (χ3v) is 4.85. The molecule has 0 radical (unpaired) electrons. The van der Waals surface area contributed by atoms with Gasteiger partial charge in [-0.3, -0.25) is 14.0 Å². The summed E-state index contributed by atoms with van der Waals surface area (Å²) in [5.74, 6) is -2.52. The zero-order valence-electron chi connectivity index (χ0n) is 18.1. The van der Waals surface area contributed by atoms with Crippen molar-refractivity contribution in [2.45, 2.75) is 13.1 Å². The summed E-state index contributed by atoms with van der Waals surface area (Å²) in [7, 11) is 1.16. The van der Waals surface area contributed by atoms with E-state index in [0.29, 0.717) is 13.1 Å². The highest BCUT2D eigenvalue weighted by Gasteiger charge is 2.18. The molecule has 2 aromatic carbocycles. The molecule has 0 aliphatic carbocycles. The van der Waals surface area contributed by atoms with E-state index in [1.807, 2.05) is 24.3 Å². The Hall–Kier alpha value is -4.49. The minimum absolute atomic E-state index is 0.0126. The first-order valence-electron chi connectivity index (χ1n) is 9.81. The molecule has 6 N–H and O–H groups in total. The molecule has 35 heavy (non-hydrogen) atoms. The summed E-state index contributed by atoms with van der Waals surface area (Å²) in [6.45, 7) is 0.989. The number of benzene rings is 1. The SMILES string of the molecule is COC(=O)c1cc(C(=O)O)nc2nc(O)cn12.Nc1c(NCc2cccc(CNCl)c2)c(=O)c1=O. The van der Waals surface area contributed by atoms with Crippen molar-refractivity contribution in [3.05, 3.63) is 79.5 Å². The molecule has 182 valence electrons. The maximum absolute atomic E-state index is 11.4. The quantitative estimate of drug-likeness (QED) is 0.134. The van der Waals surface area contributed by atoms with E-state index < -0.39 is 22.8 Å². The highest BCUT2D eigenvalue weighted by atomic mass is 35.5. The number of aromatic hydroxyl groups is 1. The van der Waals surface area contributed by atoms with Crippen molar-refractivity contribution in [1.82, 2.24) is 19.2 Å². The second-order valence-electron chi connectivity index (χ2n) is 7.02. The Morgan fingerprint density at radius 3 is 2.43 bits per heavy atom. The first kappa shape index (κ1) is 25.1. The lowest BCUT2D eigenvalue weighted by Gasteiger charge is -2.10. The van der Waals surface area contributed by atoms with Crippen LogP contribution in [-0.4, -0.2) is 43.6 Å². The Balaban J connectivity index is 0.000000196. The van der Waals surface area contributed by atoms with Crippen molar-refractivity contribution in [2.24, 2.45) is 0 Å². The molecule has 4 aromatic rings. The summed E-state index contributed by atoms with van der Waals surface area (Å²) in [6.07, 6.45) is 1.14. The number of methoxy groups -OCH3 is 1. The molecule has 0 bridgehead atoms. The molecule has 0 aliphatic heterocycles. The van der Waals surface area contributed by atoms with Crippen LogP contribution in [0.15, 0.2) is 46.1 Å². The molecule has 0 fully saturated rings. The Morgan fingerprint density at radius 2 is 1.83 bits per heavy atom. The summed E-state index contributed by atoms with van der Waals surface area (Å²) in [4.78, 5) is 54.1. The van der Waals surface area contributed by atoms with Gasteiger partial charge >= 0.3 is 11.9 Å². The molecule has 0 unspecified atom stereocenters. The standard InChI is InChI=1S/C12H12ClN3O2.C9H7N3O5/c13-16-6-8-3-1-2-7(4-8)5-15-10-9(14)11(17)12(10)18;1-17-8(16)5-2-4(7(14)15)10-9-11-6(13)3-12(5)9/h1-4,15-16H,5-6,14H2;2-3,13H,1H3,(H,14,15). The zero-order chi connectivity index (χ0) is 25.7. The Morgan fingerprint density at radius 1 is 1.14 bits per heavy atom. The maximum Gasteiger partial charge on any atom is 0.355 e. The number of hydrogen-bond donors (Lipinski definition) is 5. The van der Waals surface area contributed by atoms with Crippen molar-refractivity contribution in [1.29, 1.82) is 0 Å². The number of carbonyl (C=O) groups excluding carboxylic acids is 1. The first-order valence-corrected chi connectivity index (χ1v) is 10.2. The number of nitrogens with zero attached hydrogens (tertiary/aromatic N) is 3. The largest absolute Gasteiger partial charge is 0.492 e. The topological polar surface area (TPSA) is 198 Å². The van der Waals surface area contributed by atoms with Gasteiger partial charge in [0.2, 0.25) is 11.7 Å². The van der Waals surface area contributed by atoms with Crippen LogP contribution in [0.25, 0.3) is 5.78 Å². The molecule has 2 aromatic heterocycles. The van der Waals surface area contributed by atoms with E-state index in [1.54, 1.807) is 0 Å². The van der Waals surface area contributed by atoms with E-state index in [4.69, 9.17) is 22.6 Å². The number of nitrogens with two attached hydrogens (primary N) is 1. The van der Waals surface area contributed by atoms with Crippen LogP contribution < -0.4 is 26.7 Å². The van der Waals surface area contributed by atoms with E-state index in [-0.39, 0.29) is 34.4 Å². The maximum atomic E-state index is 11.4. The van der Waals surface area contributed by atoms with Gasteiger partial charge in [-0.25, -0.2) is 19.4 Å². The third kappa shape index (κ3) is 5.54. The molecule has 0 aliphatic rings. The summed E-state index contributed by atoms with van der Waals surface area (Å²) in [5, 5.41) is 20.9. The number of aromatic nitrogens is 3. The average Bonchev–Trinajstić information content (AvgIpc) is 3.23. The number of nitrogen functional groups attached to an aromatic ring is 1. The van der Waals surface area contributed by atoms with E-state index in [9.17, 15) is 24.3 Å². The van der Waals surface area contributed by atoms with Crippen molar-refractivity contribution in [2.75, 3.05) is 18.2 Å². The normalized spacial score (nSPS) is 10.6. The molecule has 0 amide bonds. The van der Waals surface area contributed by atoms with E-state index in [2.05, 4.69) is 24.9 Å². The number of hydrogen-bond acceptors (Lipinski definition) is 11. The van der Waals surface area contributed by atoms with Gasteiger partial charge in [-0.2, -0.15) is 4.98 Å². The molecule has 0 spiro atoms. The number of aromatic carboxylic acids is 1.